The zero-order chi connectivity index (χ0) is 25.2. The number of nitrogens with one attached hydrogen (secondary N) is 3. The Balaban J connectivity index is 1.29. The first-order valence-electron chi connectivity index (χ1n) is 12.6. The molecule has 1 amide bonds. The van der Waals surface area contributed by atoms with Crippen molar-refractivity contribution in [3.63, 3.8) is 0 Å². The number of ether oxygens (including phenoxy) is 1. The average molecular weight is 497 g/mol. The van der Waals surface area contributed by atoms with Crippen LogP contribution in [0.1, 0.15) is 41.5 Å². The van der Waals surface area contributed by atoms with E-state index in [2.05, 4.69) is 20.6 Å². The van der Waals surface area contributed by atoms with E-state index >= 15 is 0 Å². The molecule has 9 nitrogen and oxygen atoms in total. The average Bonchev–Trinajstić information content (AvgIpc) is 3.57. The molecule has 1 aromatic carbocycles. The Labute approximate surface area is 213 Å². The van der Waals surface area contributed by atoms with E-state index in [1.165, 1.54) is 0 Å². The van der Waals surface area contributed by atoms with Crippen molar-refractivity contribution < 1.29 is 9.53 Å². The van der Waals surface area contributed by atoms with Crippen LogP contribution >= 0.6 is 0 Å². The van der Waals surface area contributed by atoms with Crippen molar-refractivity contribution in [1.82, 2.24) is 24.8 Å². The third kappa shape index (κ3) is 4.65. The number of hydrogen-bond donors (Lipinski definition) is 3. The lowest BCUT2D eigenvalue weighted by Gasteiger charge is -2.20. The van der Waals surface area contributed by atoms with Gasteiger partial charge >= 0.3 is 0 Å². The number of H-pyrrole nitrogens is 1. The maximum Gasteiger partial charge on any atom is 0.294 e. The summed E-state index contributed by atoms with van der Waals surface area (Å²) < 4.78 is 7.14. The molecule has 6 rings (SSSR count). The fraction of sp³-hybridized carbons (Fsp3) is 0.286. The SMILES string of the molecule is O=C(NCc1cc2cnccc2[nH]1)[C@@H]1CCc2c(C3=CCOCC3)nc(NCc3ccccc3)c(=O)n21. The van der Waals surface area contributed by atoms with E-state index in [0.717, 1.165) is 45.5 Å². The summed E-state index contributed by atoms with van der Waals surface area (Å²) in [6, 6.07) is 13.2. The van der Waals surface area contributed by atoms with Crippen molar-refractivity contribution in [2.45, 2.75) is 38.4 Å². The lowest BCUT2D eigenvalue weighted by molar-refractivity contribution is -0.124. The number of aromatic amines is 1. The van der Waals surface area contributed by atoms with Crippen LogP contribution in [0.3, 0.4) is 0 Å². The molecule has 3 N–H and O–H groups in total. The highest BCUT2D eigenvalue weighted by atomic mass is 16.5. The van der Waals surface area contributed by atoms with Gasteiger partial charge in [-0.05, 0) is 42.5 Å². The van der Waals surface area contributed by atoms with Gasteiger partial charge in [0.05, 0.1) is 25.5 Å². The smallest absolute Gasteiger partial charge is 0.294 e. The summed E-state index contributed by atoms with van der Waals surface area (Å²) in [5.41, 5.74) is 5.30. The Morgan fingerprint density at radius 3 is 2.86 bits per heavy atom. The number of nitrogens with zero attached hydrogens (tertiary/aromatic N) is 3. The van der Waals surface area contributed by atoms with Crippen LogP contribution in [0.4, 0.5) is 5.82 Å². The number of hydrogen-bond acceptors (Lipinski definition) is 6. The molecule has 4 aromatic rings. The van der Waals surface area contributed by atoms with Gasteiger partial charge in [0.25, 0.3) is 5.56 Å². The largest absolute Gasteiger partial charge is 0.377 e. The molecular formula is C28H28N6O3. The first kappa shape index (κ1) is 23.2. The Hall–Kier alpha value is -4.24. The molecule has 0 fully saturated rings. The monoisotopic (exact) mass is 496 g/mol. The van der Waals surface area contributed by atoms with Crippen LogP contribution in [-0.2, 0) is 29.0 Å². The molecule has 188 valence electrons. The summed E-state index contributed by atoms with van der Waals surface area (Å²) in [4.78, 5) is 39.2. The number of rotatable bonds is 7. The molecule has 3 aromatic heterocycles. The molecule has 0 saturated heterocycles. The van der Waals surface area contributed by atoms with E-state index in [1.54, 1.807) is 17.0 Å². The van der Waals surface area contributed by atoms with Crippen LogP contribution in [0.15, 0.2) is 65.7 Å². The molecule has 0 saturated carbocycles. The lowest BCUT2D eigenvalue weighted by Crippen LogP contribution is -2.37. The summed E-state index contributed by atoms with van der Waals surface area (Å²) in [5.74, 6) is 0.0857. The van der Waals surface area contributed by atoms with Crippen LogP contribution in [-0.4, -0.2) is 38.6 Å². The fourth-order valence-electron chi connectivity index (χ4n) is 5.12. The minimum Gasteiger partial charge on any atom is -0.377 e. The summed E-state index contributed by atoms with van der Waals surface area (Å²) >= 11 is 0. The Morgan fingerprint density at radius 1 is 1.16 bits per heavy atom. The van der Waals surface area contributed by atoms with Crippen molar-refractivity contribution in [3.8, 4) is 0 Å². The summed E-state index contributed by atoms with van der Waals surface area (Å²) in [6.45, 7) is 1.94. The van der Waals surface area contributed by atoms with Crippen LogP contribution in [0, 0.1) is 0 Å². The van der Waals surface area contributed by atoms with Gasteiger partial charge in [-0.2, -0.15) is 0 Å². The Kier molecular flexibility index (Phi) is 6.28. The molecule has 0 aliphatic carbocycles. The Bertz CT molecular complexity index is 1510. The Morgan fingerprint density at radius 2 is 2.05 bits per heavy atom. The zero-order valence-electron chi connectivity index (χ0n) is 20.4. The highest BCUT2D eigenvalue weighted by Gasteiger charge is 2.34. The van der Waals surface area contributed by atoms with Gasteiger partial charge in [0.1, 0.15) is 6.04 Å². The topological polar surface area (TPSA) is 114 Å². The maximum absolute atomic E-state index is 13.6. The number of pyridine rings is 1. The fourth-order valence-corrected chi connectivity index (χ4v) is 5.12. The van der Waals surface area contributed by atoms with Crippen LogP contribution in [0.2, 0.25) is 0 Å². The maximum atomic E-state index is 13.6. The number of amides is 1. The lowest BCUT2D eigenvalue weighted by atomic mass is 10.0. The van der Waals surface area contributed by atoms with Gasteiger partial charge in [-0.3, -0.25) is 19.1 Å². The third-order valence-electron chi connectivity index (χ3n) is 6.98. The van der Waals surface area contributed by atoms with Crippen molar-refractivity contribution in [2.24, 2.45) is 0 Å². The molecule has 2 aliphatic heterocycles. The molecule has 2 aliphatic rings. The van der Waals surface area contributed by atoms with E-state index in [1.807, 2.05) is 48.5 Å². The molecule has 37 heavy (non-hydrogen) atoms. The number of fused-ring (bicyclic) bond motifs is 2. The highest BCUT2D eigenvalue weighted by Crippen LogP contribution is 2.32. The van der Waals surface area contributed by atoms with Crippen LogP contribution in [0.25, 0.3) is 16.5 Å². The normalized spacial score (nSPS) is 16.9. The van der Waals surface area contributed by atoms with Gasteiger partial charge in [0.15, 0.2) is 5.82 Å². The van der Waals surface area contributed by atoms with Crippen molar-refractivity contribution in [2.75, 3.05) is 18.5 Å². The molecule has 0 bridgehead atoms. The molecule has 0 radical (unpaired) electrons. The van der Waals surface area contributed by atoms with Gasteiger partial charge in [-0.1, -0.05) is 36.4 Å². The van der Waals surface area contributed by atoms with Gasteiger partial charge in [-0.15, -0.1) is 0 Å². The van der Waals surface area contributed by atoms with Crippen LogP contribution < -0.4 is 16.2 Å². The second kappa shape index (κ2) is 10.0. The number of carbonyl (C=O) groups is 1. The first-order valence-corrected chi connectivity index (χ1v) is 12.6. The van der Waals surface area contributed by atoms with Crippen LogP contribution in [0.5, 0.6) is 0 Å². The van der Waals surface area contributed by atoms with Gasteiger partial charge < -0.3 is 20.4 Å². The molecule has 9 heteroatoms. The second-order valence-electron chi connectivity index (χ2n) is 9.35. The van der Waals surface area contributed by atoms with Crippen molar-refractivity contribution >= 4 is 28.2 Å². The minimum absolute atomic E-state index is 0.176. The highest BCUT2D eigenvalue weighted by molar-refractivity contribution is 5.82. The number of aromatic nitrogens is 4. The summed E-state index contributed by atoms with van der Waals surface area (Å²) in [7, 11) is 0. The molecule has 1 atom stereocenters. The third-order valence-corrected chi connectivity index (χ3v) is 6.98. The minimum atomic E-state index is -0.590. The van der Waals surface area contributed by atoms with E-state index in [-0.39, 0.29) is 17.3 Å². The molecule has 5 heterocycles. The predicted molar refractivity (Wildman–Crippen MR) is 141 cm³/mol. The zero-order valence-corrected chi connectivity index (χ0v) is 20.4. The van der Waals surface area contributed by atoms with Crippen molar-refractivity contribution in [3.05, 3.63) is 93.9 Å². The first-order chi connectivity index (χ1) is 18.2. The van der Waals surface area contributed by atoms with Gasteiger partial charge in [0, 0.05) is 41.2 Å². The quantitative estimate of drug-likeness (QED) is 0.362. The molecule has 0 spiro atoms. The second-order valence-corrected chi connectivity index (χ2v) is 9.35. The number of anilines is 1. The van der Waals surface area contributed by atoms with Crippen molar-refractivity contribution in [1.29, 1.82) is 0 Å². The van der Waals surface area contributed by atoms with E-state index in [9.17, 15) is 9.59 Å². The van der Waals surface area contributed by atoms with E-state index < -0.39 is 6.04 Å². The van der Waals surface area contributed by atoms with E-state index in [0.29, 0.717) is 39.1 Å². The van der Waals surface area contributed by atoms with E-state index in [4.69, 9.17) is 9.72 Å². The number of carbonyl (C=O) groups excluding carboxylic acids is 1. The summed E-state index contributed by atoms with van der Waals surface area (Å²) in [5, 5.41) is 7.24. The molecule has 0 unspecified atom stereocenters. The number of benzene rings is 1. The van der Waals surface area contributed by atoms with Gasteiger partial charge in [-0.25, -0.2) is 4.98 Å². The van der Waals surface area contributed by atoms with Gasteiger partial charge in [0.2, 0.25) is 5.91 Å². The standard InChI is InChI=1S/C28H28N6O3/c35-27(31-17-21-14-20-16-29-11-8-22(20)32-21)24-7-6-23-25(19-9-12-37-13-10-19)33-26(28(36)34(23)24)30-15-18-4-2-1-3-5-18/h1-5,8-9,11,14,16,24,32H,6-7,10,12-13,15,17H2,(H,30,33)(H,31,35)/t24-/m0/s1. The molecular weight excluding hydrogens is 468 g/mol. The summed E-state index contributed by atoms with van der Waals surface area (Å²) in [6.07, 6.45) is 7.43. The predicted octanol–water partition coefficient (Wildman–Crippen LogP) is 3.34.